The quantitative estimate of drug-likeness (QED) is 0.398. The Morgan fingerprint density at radius 2 is 1.81 bits per heavy atom. The Morgan fingerprint density at radius 1 is 1.06 bits per heavy atom. The normalized spacial score (nSPS) is 22.6. The number of benzene rings is 1. The van der Waals surface area contributed by atoms with Crippen LogP contribution in [0.5, 0.6) is 0 Å². The van der Waals surface area contributed by atoms with Crippen LogP contribution in [-0.4, -0.2) is 35.5 Å². The van der Waals surface area contributed by atoms with Crippen molar-refractivity contribution >= 4 is 0 Å². The summed E-state index contributed by atoms with van der Waals surface area (Å²) >= 11 is 0. The van der Waals surface area contributed by atoms with Crippen LogP contribution in [0.1, 0.15) is 74.8 Å². The van der Waals surface area contributed by atoms with Gasteiger partial charge < -0.3 is 5.11 Å². The molecule has 3 aromatic heterocycles. The zero-order chi connectivity index (χ0) is 25.2. The SMILES string of the molecule is CC[C@@H](O)c1nc(-c2cccc([C@@]34CC[C@@H](c5cc(-c6c(F)cccc6F)nnc53)C4(C)C)n2)n[nH]1. The molecule has 0 unspecified atom stereocenters. The van der Waals surface area contributed by atoms with Gasteiger partial charge in [-0.15, -0.1) is 5.10 Å². The maximum absolute atomic E-state index is 14.5. The van der Waals surface area contributed by atoms with Gasteiger partial charge in [0.05, 0.1) is 28.1 Å². The highest BCUT2D eigenvalue weighted by atomic mass is 19.1. The molecule has 2 bridgehead atoms. The lowest BCUT2D eigenvalue weighted by atomic mass is 9.66. The summed E-state index contributed by atoms with van der Waals surface area (Å²) in [5, 5.41) is 26.1. The molecule has 36 heavy (non-hydrogen) atoms. The summed E-state index contributed by atoms with van der Waals surface area (Å²) in [6, 6.07) is 11.4. The number of rotatable bonds is 5. The van der Waals surface area contributed by atoms with Gasteiger partial charge in [-0.2, -0.15) is 10.2 Å². The topological polar surface area (TPSA) is 100 Å². The van der Waals surface area contributed by atoms with E-state index in [1.54, 1.807) is 6.07 Å². The van der Waals surface area contributed by atoms with Gasteiger partial charge in [-0.1, -0.05) is 32.9 Å². The Bertz CT molecular complexity index is 1460. The molecular weight excluding hydrogens is 462 g/mol. The second-order valence-corrected chi connectivity index (χ2v) is 10.2. The Labute approximate surface area is 207 Å². The van der Waals surface area contributed by atoms with Crippen molar-refractivity contribution in [3.63, 3.8) is 0 Å². The first-order chi connectivity index (χ1) is 17.3. The number of hydrogen-bond donors (Lipinski definition) is 2. The zero-order valence-electron chi connectivity index (χ0n) is 20.3. The lowest BCUT2D eigenvalue weighted by molar-refractivity contribution is 0.164. The summed E-state index contributed by atoms with van der Waals surface area (Å²) in [6.07, 6.45) is 1.55. The molecule has 6 rings (SSSR count). The van der Waals surface area contributed by atoms with E-state index in [1.165, 1.54) is 18.2 Å². The maximum atomic E-state index is 14.5. The molecule has 2 N–H and O–H groups in total. The van der Waals surface area contributed by atoms with Crippen molar-refractivity contribution in [2.75, 3.05) is 0 Å². The monoisotopic (exact) mass is 488 g/mol. The standard InChI is InChI=1S/C27H26F2N6O/c1-4-20(36)25-31-24(34-35-25)18-9-6-10-21(30-18)27-12-11-15(26(27,2)3)14-13-19(32-33-23(14)27)22-16(28)7-5-8-17(22)29/h5-10,13,15,20,36H,4,11-12H2,1-3H3,(H,31,34,35)/t15-,20+,27-/m0/s1. The van der Waals surface area contributed by atoms with Crippen molar-refractivity contribution < 1.29 is 13.9 Å². The molecule has 0 spiro atoms. The van der Waals surface area contributed by atoms with Crippen LogP contribution in [0.3, 0.4) is 0 Å². The molecule has 184 valence electrons. The third-order valence-electron chi connectivity index (χ3n) is 8.22. The minimum atomic E-state index is -0.715. The van der Waals surface area contributed by atoms with Crippen LogP contribution in [0, 0.1) is 17.0 Å². The number of aliphatic hydroxyl groups excluding tert-OH is 1. The molecule has 0 aliphatic heterocycles. The highest BCUT2D eigenvalue weighted by Crippen LogP contribution is 2.69. The van der Waals surface area contributed by atoms with Crippen molar-refractivity contribution in [1.82, 2.24) is 30.4 Å². The molecule has 0 radical (unpaired) electrons. The number of fused-ring (bicyclic) bond motifs is 5. The molecule has 0 saturated heterocycles. The van der Waals surface area contributed by atoms with E-state index in [2.05, 4.69) is 39.2 Å². The Kier molecular flexibility index (Phi) is 5.05. The van der Waals surface area contributed by atoms with Crippen LogP contribution in [-0.2, 0) is 5.41 Å². The maximum Gasteiger partial charge on any atom is 0.199 e. The van der Waals surface area contributed by atoms with Crippen LogP contribution in [0.25, 0.3) is 22.8 Å². The lowest BCUT2D eigenvalue weighted by Crippen LogP contribution is -2.37. The molecule has 3 heterocycles. The largest absolute Gasteiger partial charge is 0.385 e. The van der Waals surface area contributed by atoms with Gasteiger partial charge >= 0.3 is 0 Å². The average Bonchev–Trinajstić information content (AvgIpc) is 3.52. The number of aromatic nitrogens is 6. The highest BCUT2D eigenvalue weighted by molar-refractivity contribution is 5.64. The predicted molar refractivity (Wildman–Crippen MR) is 129 cm³/mol. The van der Waals surface area contributed by atoms with Crippen molar-refractivity contribution in [3.05, 3.63) is 76.9 Å². The highest BCUT2D eigenvalue weighted by Gasteiger charge is 2.65. The lowest BCUT2D eigenvalue weighted by Gasteiger charge is -2.37. The van der Waals surface area contributed by atoms with Crippen molar-refractivity contribution in [3.8, 4) is 22.8 Å². The first kappa shape index (κ1) is 22.8. The van der Waals surface area contributed by atoms with Crippen molar-refractivity contribution in [2.24, 2.45) is 5.41 Å². The molecule has 1 aromatic carbocycles. The van der Waals surface area contributed by atoms with Crippen molar-refractivity contribution in [1.29, 1.82) is 0 Å². The van der Waals surface area contributed by atoms with Crippen LogP contribution in [0.4, 0.5) is 8.78 Å². The summed E-state index contributed by atoms with van der Waals surface area (Å²) in [7, 11) is 0. The van der Waals surface area contributed by atoms with E-state index in [0.717, 1.165) is 29.8 Å². The fourth-order valence-electron chi connectivity index (χ4n) is 6.28. The van der Waals surface area contributed by atoms with Gasteiger partial charge in [0.25, 0.3) is 0 Å². The summed E-state index contributed by atoms with van der Waals surface area (Å²) in [5.41, 5.74) is 2.51. The van der Waals surface area contributed by atoms with Crippen LogP contribution in [0.2, 0.25) is 0 Å². The summed E-state index contributed by atoms with van der Waals surface area (Å²) in [4.78, 5) is 9.42. The number of hydrogen-bond acceptors (Lipinski definition) is 6. The Hall–Kier alpha value is -3.59. The molecule has 3 atom stereocenters. The Morgan fingerprint density at radius 3 is 2.56 bits per heavy atom. The minimum absolute atomic E-state index is 0.150. The number of halogens is 2. The zero-order valence-corrected chi connectivity index (χ0v) is 20.3. The van der Waals surface area contributed by atoms with Crippen LogP contribution < -0.4 is 0 Å². The van der Waals surface area contributed by atoms with Gasteiger partial charge in [-0.25, -0.2) is 18.7 Å². The number of H-pyrrole nitrogens is 1. The summed E-state index contributed by atoms with van der Waals surface area (Å²) in [5.74, 6) is -0.344. The molecule has 0 amide bonds. The van der Waals surface area contributed by atoms with Gasteiger partial charge in [0.1, 0.15) is 23.4 Å². The number of aliphatic hydroxyl groups is 1. The van der Waals surface area contributed by atoms with E-state index in [9.17, 15) is 13.9 Å². The third kappa shape index (κ3) is 3.01. The van der Waals surface area contributed by atoms with Gasteiger partial charge in [-0.05, 0) is 66.5 Å². The minimum Gasteiger partial charge on any atom is -0.385 e. The van der Waals surface area contributed by atoms with E-state index in [1.807, 2.05) is 25.1 Å². The van der Waals surface area contributed by atoms with Gasteiger partial charge in [-0.3, -0.25) is 5.10 Å². The van der Waals surface area contributed by atoms with Gasteiger partial charge in [0.2, 0.25) is 0 Å². The predicted octanol–water partition coefficient (Wildman–Crippen LogP) is 5.25. The molecule has 7 nitrogen and oxygen atoms in total. The molecular formula is C27H26F2N6O. The van der Waals surface area contributed by atoms with Crippen LogP contribution >= 0.6 is 0 Å². The smallest absolute Gasteiger partial charge is 0.199 e. The van der Waals surface area contributed by atoms with E-state index in [0.29, 0.717) is 23.8 Å². The Balaban J connectivity index is 1.47. The first-order valence-electron chi connectivity index (χ1n) is 12.2. The van der Waals surface area contributed by atoms with E-state index in [-0.39, 0.29) is 22.6 Å². The van der Waals surface area contributed by atoms with Gasteiger partial charge in [0.15, 0.2) is 11.6 Å². The second kappa shape index (κ2) is 7.96. The summed E-state index contributed by atoms with van der Waals surface area (Å²) < 4.78 is 29.0. The average molecular weight is 489 g/mol. The molecule has 9 heteroatoms. The van der Waals surface area contributed by atoms with Crippen molar-refractivity contribution in [2.45, 2.75) is 57.5 Å². The van der Waals surface area contributed by atoms with E-state index in [4.69, 9.17) is 4.98 Å². The fraction of sp³-hybridized carbons (Fsp3) is 0.370. The number of aromatic amines is 1. The van der Waals surface area contributed by atoms with E-state index < -0.39 is 23.2 Å². The second-order valence-electron chi connectivity index (χ2n) is 10.2. The number of nitrogens with one attached hydrogen (secondary N) is 1. The number of pyridine rings is 1. The first-order valence-corrected chi connectivity index (χ1v) is 12.2. The fourth-order valence-corrected chi connectivity index (χ4v) is 6.28. The third-order valence-corrected chi connectivity index (χ3v) is 8.22. The van der Waals surface area contributed by atoms with Gasteiger partial charge in [0, 0.05) is 0 Å². The number of nitrogens with zero attached hydrogens (tertiary/aromatic N) is 5. The molecule has 2 aliphatic carbocycles. The van der Waals surface area contributed by atoms with E-state index >= 15 is 0 Å². The molecule has 1 saturated carbocycles. The summed E-state index contributed by atoms with van der Waals surface area (Å²) in [6.45, 7) is 6.27. The molecule has 1 fully saturated rings. The molecule has 4 aromatic rings. The van der Waals surface area contributed by atoms with Crippen LogP contribution in [0.15, 0.2) is 42.5 Å². The molecule has 2 aliphatic rings.